The Labute approximate surface area is 95.5 Å². The lowest BCUT2D eigenvalue weighted by atomic mass is 10.3. The van der Waals surface area contributed by atoms with Crippen molar-refractivity contribution >= 4 is 32.7 Å². The molecule has 0 bridgehead atoms. The van der Waals surface area contributed by atoms with Crippen molar-refractivity contribution in [3.63, 3.8) is 0 Å². The molecule has 0 saturated heterocycles. The number of nitrogen functional groups attached to an aromatic ring is 1. The minimum atomic E-state index is 0.377. The maximum atomic E-state index is 5.79. The maximum Gasteiger partial charge on any atom is 0.221 e. The molecule has 0 saturated carbocycles. The summed E-state index contributed by atoms with van der Waals surface area (Å²) < 4.78 is 11.6. The fourth-order valence-electron chi connectivity index (χ4n) is 1.32. The number of nitrogens with zero attached hydrogens (tertiary/aromatic N) is 1. The number of hydrogen-bond donors (Lipinski definition) is 1. The van der Waals surface area contributed by atoms with Gasteiger partial charge < -0.3 is 14.9 Å². The van der Waals surface area contributed by atoms with E-state index in [1.54, 1.807) is 6.07 Å². The van der Waals surface area contributed by atoms with Crippen LogP contribution in [0.25, 0.3) is 11.1 Å². The van der Waals surface area contributed by atoms with Crippen LogP contribution in [0.1, 0.15) is 12.8 Å². The van der Waals surface area contributed by atoms with Gasteiger partial charge in [-0.05, 0) is 19.1 Å². The Morgan fingerprint density at radius 2 is 2.33 bits per heavy atom. The number of halogens is 1. The molecule has 80 valence electrons. The lowest BCUT2D eigenvalue weighted by molar-refractivity contribution is 0.116. The lowest BCUT2D eigenvalue weighted by Crippen LogP contribution is -1.90. The molecule has 0 unspecified atom stereocenters. The monoisotopic (exact) mass is 270 g/mol. The van der Waals surface area contributed by atoms with Gasteiger partial charge in [-0.25, -0.2) is 4.98 Å². The van der Waals surface area contributed by atoms with Crippen molar-refractivity contribution in [3.05, 3.63) is 22.5 Å². The van der Waals surface area contributed by atoms with Gasteiger partial charge in [-0.2, -0.15) is 0 Å². The van der Waals surface area contributed by atoms with E-state index in [0.29, 0.717) is 30.4 Å². The Bertz CT molecular complexity index is 481. The molecule has 5 heteroatoms. The van der Waals surface area contributed by atoms with Crippen molar-refractivity contribution < 1.29 is 9.15 Å². The summed E-state index contributed by atoms with van der Waals surface area (Å²) in [6, 6.07) is 3.66. The maximum absolute atomic E-state index is 5.79. The molecule has 1 aromatic heterocycles. The van der Waals surface area contributed by atoms with Gasteiger partial charge in [-0.15, -0.1) is 0 Å². The number of rotatable bonds is 3. The molecule has 0 aliphatic rings. The van der Waals surface area contributed by atoms with E-state index in [1.807, 2.05) is 13.0 Å². The molecular weight excluding hydrogens is 260 g/mol. The second-order valence-electron chi connectivity index (χ2n) is 3.09. The second kappa shape index (κ2) is 4.20. The summed E-state index contributed by atoms with van der Waals surface area (Å²) in [5.41, 5.74) is 7.74. The van der Waals surface area contributed by atoms with Crippen LogP contribution in [0.4, 0.5) is 5.69 Å². The molecule has 0 spiro atoms. The molecule has 4 nitrogen and oxygen atoms in total. The van der Waals surface area contributed by atoms with Crippen LogP contribution in [0.2, 0.25) is 0 Å². The number of ether oxygens (including phenoxy) is 1. The van der Waals surface area contributed by atoms with Crippen LogP contribution in [-0.4, -0.2) is 11.6 Å². The van der Waals surface area contributed by atoms with E-state index in [0.717, 1.165) is 9.99 Å². The summed E-state index contributed by atoms with van der Waals surface area (Å²) in [6.07, 6.45) is 0. The zero-order valence-corrected chi connectivity index (χ0v) is 9.87. The van der Waals surface area contributed by atoms with Crippen LogP contribution in [-0.2, 0) is 11.3 Å². The summed E-state index contributed by atoms with van der Waals surface area (Å²) in [6.45, 7) is 2.94. The first-order valence-electron chi connectivity index (χ1n) is 4.63. The summed E-state index contributed by atoms with van der Waals surface area (Å²) in [5, 5.41) is 0. The number of anilines is 1. The summed E-state index contributed by atoms with van der Waals surface area (Å²) >= 11 is 3.35. The first kappa shape index (κ1) is 10.4. The largest absolute Gasteiger partial charge is 0.436 e. The van der Waals surface area contributed by atoms with Crippen molar-refractivity contribution in [1.82, 2.24) is 4.98 Å². The molecular formula is C10H11BrN2O2. The second-order valence-corrected chi connectivity index (χ2v) is 4.00. The highest BCUT2D eigenvalue weighted by molar-refractivity contribution is 9.10. The first-order chi connectivity index (χ1) is 7.20. The zero-order valence-electron chi connectivity index (χ0n) is 8.29. The molecule has 1 heterocycles. The van der Waals surface area contributed by atoms with Crippen LogP contribution < -0.4 is 5.73 Å². The van der Waals surface area contributed by atoms with Gasteiger partial charge >= 0.3 is 0 Å². The number of oxazole rings is 1. The normalized spacial score (nSPS) is 11.1. The van der Waals surface area contributed by atoms with Crippen molar-refractivity contribution in [2.75, 3.05) is 12.3 Å². The average molecular weight is 271 g/mol. The quantitative estimate of drug-likeness (QED) is 0.872. The fraction of sp³-hybridized carbons (Fsp3) is 0.300. The molecule has 0 aliphatic heterocycles. The van der Waals surface area contributed by atoms with Crippen molar-refractivity contribution in [2.24, 2.45) is 0 Å². The van der Waals surface area contributed by atoms with Gasteiger partial charge in [0.25, 0.3) is 0 Å². The fourth-order valence-corrected chi connectivity index (χ4v) is 1.78. The highest BCUT2D eigenvalue weighted by atomic mass is 79.9. The standard InChI is InChI=1S/C10H11BrN2O2/c1-2-14-5-9-13-8-4-6(11)3-7(12)10(8)15-9/h3-4H,2,5,12H2,1H3. The highest BCUT2D eigenvalue weighted by Gasteiger charge is 2.09. The van der Waals surface area contributed by atoms with E-state index in [1.165, 1.54) is 0 Å². The Kier molecular flexibility index (Phi) is 2.93. The molecule has 2 aromatic rings. The SMILES string of the molecule is CCOCc1nc2cc(Br)cc(N)c2o1. The van der Waals surface area contributed by atoms with Crippen LogP contribution in [0, 0.1) is 0 Å². The van der Waals surface area contributed by atoms with E-state index in [-0.39, 0.29) is 0 Å². The van der Waals surface area contributed by atoms with Crippen LogP contribution in [0.15, 0.2) is 21.0 Å². The van der Waals surface area contributed by atoms with E-state index in [9.17, 15) is 0 Å². The third-order valence-corrected chi connectivity index (χ3v) is 2.42. The Morgan fingerprint density at radius 3 is 3.07 bits per heavy atom. The molecule has 0 atom stereocenters. The molecule has 2 rings (SSSR count). The van der Waals surface area contributed by atoms with E-state index in [2.05, 4.69) is 20.9 Å². The molecule has 0 radical (unpaired) electrons. The van der Waals surface area contributed by atoms with Crippen molar-refractivity contribution in [3.8, 4) is 0 Å². The van der Waals surface area contributed by atoms with E-state index < -0.39 is 0 Å². The van der Waals surface area contributed by atoms with Gasteiger partial charge in [0.2, 0.25) is 5.89 Å². The van der Waals surface area contributed by atoms with Crippen LogP contribution in [0.5, 0.6) is 0 Å². The zero-order chi connectivity index (χ0) is 10.8. The summed E-state index contributed by atoms with van der Waals surface area (Å²) in [4.78, 5) is 4.27. The Morgan fingerprint density at radius 1 is 1.53 bits per heavy atom. The average Bonchev–Trinajstić information content (AvgIpc) is 2.57. The molecule has 0 aliphatic carbocycles. The molecule has 0 amide bonds. The molecule has 2 N–H and O–H groups in total. The molecule has 1 aromatic carbocycles. The third-order valence-electron chi connectivity index (χ3n) is 1.96. The highest BCUT2D eigenvalue weighted by Crippen LogP contribution is 2.26. The van der Waals surface area contributed by atoms with Crippen LogP contribution in [0.3, 0.4) is 0 Å². The molecule has 0 fully saturated rings. The van der Waals surface area contributed by atoms with Gasteiger partial charge in [-0.3, -0.25) is 0 Å². The minimum Gasteiger partial charge on any atom is -0.436 e. The van der Waals surface area contributed by atoms with Gasteiger partial charge in [-0.1, -0.05) is 15.9 Å². The number of hydrogen-bond acceptors (Lipinski definition) is 4. The van der Waals surface area contributed by atoms with E-state index in [4.69, 9.17) is 14.9 Å². The third kappa shape index (κ3) is 2.13. The predicted molar refractivity (Wildman–Crippen MR) is 61.5 cm³/mol. The number of fused-ring (bicyclic) bond motifs is 1. The Hall–Kier alpha value is -1.07. The number of benzene rings is 1. The van der Waals surface area contributed by atoms with E-state index >= 15 is 0 Å². The van der Waals surface area contributed by atoms with Gasteiger partial charge in [0, 0.05) is 11.1 Å². The molecule has 15 heavy (non-hydrogen) atoms. The first-order valence-corrected chi connectivity index (χ1v) is 5.42. The predicted octanol–water partition coefficient (Wildman–Crippen LogP) is 2.71. The topological polar surface area (TPSA) is 61.3 Å². The number of aromatic nitrogens is 1. The van der Waals surface area contributed by atoms with Crippen LogP contribution >= 0.6 is 15.9 Å². The number of nitrogens with two attached hydrogens (primary N) is 1. The van der Waals surface area contributed by atoms with Crippen molar-refractivity contribution in [1.29, 1.82) is 0 Å². The van der Waals surface area contributed by atoms with Crippen molar-refractivity contribution in [2.45, 2.75) is 13.5 Å². The summed E-state index contributed by atoms with van der Waals surface area (Å²) in [7, 11) is 0. The smallest absolute Gasteiger partial charge is 0.221 e. The Balaban J connectivity index is 2.41. The van der Waals surface area contributed by atoms with Gasteiger partial charge in [0.1, 0.15) is 12.1 Å². The minimum absolute atomic E-state index is 0.377. The van der Waals surface area contributed by atoms with Gasteiger partial charge in [0.05, 0.1) is 5.69 Å². The lowest BCUT2D eigenvalue weighted by Gasteiger charge is -1.94. The summed E-state index contributed by atoms with van der Waals surface area (Å²) in [5.74, 6) is 0.552. The van der Waals surface area contributed by atoms with Gasteiger partial charge in [0.15, 0.2) is 5.58 Å².